The van der Waals surface area contributed by atoms with E-state index in [-0.39, 0.29) is 35.6 Å². The standard InChI is InChI=1S/C13H15.2FH.Zr/c1-10(2)9-12-8-7-11-5-3-4-6-13(11)12;;;/h3-7,10,12H,9H2,1-2H3;2*1H;/q-1;;;+3/p-2. The van der Waals surface area contributed by atoms with Gasteiger partial charge in [-0.15, -0.1) is 11.6 Å². The zero-order valence-corrected chi connectivity index (χ0v) is 12.0. The van der Waals surface area contributed by atoms with Crippen molar-refractivity contribution in [1.82, 2.24) is 0 Å². The number of halogens is 2. The average Bonchev–Trinajstić information content (AvgIpc) is 2.48. The summed E-state index contributed by atoms with van der Waals surface area (Å²) in [5.74, 6) is 1.29. The van der Waals surface area contributed by atoms with Gasteiger partial charge in [0.2, 0.25) is 0 Å². The van der Waals surface area contributed by atoms with Crippen LogP contribution in [0.25, 0.3) is 6.08 Å². The Morgan fingerprint density at radius 1 is 1.19 bits per heavy atom. The molecule has 0 aromatic heterocycles. The van der Waals surface area contributed by atoms with E-state index in [1.54, 1.807) is 0 Å². The quantitative estimate of drug-likeness (QED) is 0.537. The molecular weight excluding hydrogens is 285 g/mol. The minimum Gasteiger partial charge on any atom is -1.00 e. The van der Waals surface area contributed by atoms with E-state index in [9.17, 15) is 0 Å². The van der Waals surface area contributed by atoms with Crippen LogP contribution in [0, 0.1) is 12.0 Å². The smallest absolute Gasteiger partial charge is 1.00 e. The number of fused-ring (bicyclic) bond motifs is 1. The van der Waals surface area contributed by atoms with Crippen molar-refractivity contribution in [2.45, 2.75) is 26.2 Å². The molecule has 0 N–H and O–H groups in total. The van der Waals surface area contributed by atoms with Crippen molar-refractivity contribution in [3.8, 4) is 0 Å². The summed E-state index contributed by atoms with van der Waals surface area (Å²) in [5.41, 5.74) is 2.81. The number of hydrogen-bond acceptors (Lipinski definition) is 0. The van der Waals surface area contributed by atoms with Gasteiger partial charge in [0.1, 0.15) is 0 Å². The number of benzene rings is 1. The fourth-order valence-electron chi connectivity index (χ4n) is 1.91. The van der Waals surface area contributed by atoms with Crippen molar-refractivity contribution in [1.29, 1.82) is 0 Å². The minimum atomic E-state index is 0. The third kappa shape index (κ3) is 3.94. The van der Waals surface area contributed by atoms with Crippen molar-refractivity contribution in [2.24, 2.45) is 5.92 Å². The van der Waals surface area contributed by atoms with E-state index in [2.05, 4.69) is 50.3 Å². The molecule has 0 fully saturated rings. The van der Waals surface area contributed by atoms with Gasteiger partial charge in [0.05, 0.1) is 0 Å². The second kappa shape index (κ2) is 7.89. The molecule has 16 heavy (non-hydrogen) atoms. The molecule has 1 radical (unpaired) electrons. The molecular formula is C13H15F2Zr. The van der Waals surface area contributed by atoms with E-state index in [0.717, 1.165) is 5.92 Å². The molecule has 3 heteroatoms. The van der Waals surface area contributed by atoms with Crippen molar-refractivity contribution in [2.75, 3.05) is 0 Å². The zero-order valence-electron chi connectivity index (χ0n) is 9.50. The largest absolute Gasteiger partial charge is 3.00 e. The summed E-state index contributed by atoms with van der Waals surface area (Å²) < 4.78 is 0. The van der Waals surface area contributed by atoms with Gasteiger partial charge < -0.3 is 9.41 Å². The van der Waals surface area contributed by atoms with Crippen LogP contribution in [-0.2, 0) is 26.2 Å². The molecule has 2 rings (SSSR count). The topological polar surface area (TPSA) is 0 Å². The normalized spacial score (nSPS) is 15.8. The second-order valence-electron chi connectivity index (χ2n) is 4.12. The molecule has 0 saturated heterocycles. The van der Waals surface area contributed by atoms with E-state index >= 15 is 0 Å². The van der Waals surface area contributed by atoms with Gasteiger partial charge in [-0.3, -0.25) is 6.08 Å². The molecule has 1 aromatic rings. The number of rotatable bonds is 2. The minimum absolute atomic E-state index is 0. The Morgan fingerprint density at radius 2 is 1.81 bits per heavy atom. The molecule has 1 atom stereocenters. The van der Waals surface area contributed by atoms with E-state index in [0.29, 0.717) is 5.92 Å². The van der Waals surface area contributed by atoms with Crippen LogP contribution in [0.2, 0.25) is 0 Å². The maximum Gasteiger partial charge on any atom is 3.00 e. The molecule has 0 amide bonds. The molecule has 0 heterocycles. The van der Waals surface area contributed by atoms with E-state index in [1.807, 2.05) is 0 Å². The van der Waals surface area contributed by atoms with Gasteiger partial charge in [-0.2, -0.15) is 5.56 Å². The van der Waals surface area contributed by atoms with Crippen LogP contribution in [0.3, 0.4) is 0 Å². The van der Waals surface area contributed by atoms with E-state index < -0.39 is 0 Å². The molecule has 0 aliphatic heterocycles. The van der Waals surface area contributed by atoms with Crippen LogP contribution in [0.15, 0.2) is 24.3 Å². The molecule has 0 nitrogen and oxygen atoms in total. The first-order chi connectivity index (χ1) is 6.27. The van der Waals surface area contributed by atoms with Gasteiger partial charge in [0.25, 0.3) is 0 Å². The number of allylic oxidation sites excluding steroid dienone is 1. The predicted molar refractivity (Wildman–Crippen MR) is 56.3 cm³/mol. The van der Waals surface area contributed by atoms with Crippen LogP contribution in [0.1, 0.15) is 37.3 Å². The van der Waals surface area contributed by atoms with Crippen LogP contribution in [-0.4, -0.2) is 0 Å². The summed E-state index contributed by atoms with van der Waals surface area (Å²) in [6.07, 6.45) is 6.77. The monoisotopic (exact) mass is 299 g/mol. The maximum atomic E-state index is 3.43. The van der Waals surface area contributed by atoms with E-state index in [4.69, 9.17) is 0 Å². The summed E-state index contributed by atoms with van der Waals surface area (Å²) >= 11 is 0. The van der Waals surface area contributed by atoms with Gasteiger partial charge in [-0.05, 0) is 5.92 Å². The van der Waals surface area contributed by atoms with E-state index in [1.165, 1.54) is 17.5 Å². The van der Waals surface area contributed by atoms with Gasteiger partial charge in [0, 0.05) is 0 Å². The summed E-state index contributed by atoms with van der Waals surface area (Å²) in [6, 6.07) is 8.60. The first-order valence-electron chi connectivity index (χ1n) is 4.95. The third-order valence-corrected chi connectivity index (χ3v) is 2.52. The Labute approximate surface area is 115 Å². The molecule has 1 aliphatic rings. The fraction of sp³-hybridized carbons (Fsp3) is 0.385. The van der Waals surface area contributed by atoms with Crippen LogP contribution >= 0.6 is 0 Å². The number of hydrogen-bond donors (Lipinski definition) is 0. The van der Waals surface area contributed by atoms with Crippen molar-refractivity contribution in [3.63, 3.8) is 0 Å². The summed E-state index contributed by atoms with van der Waals surface area (Å²) in [5, 5.41) is 0. The fourth-order valence-corrected chi connectivity index (χ4v) is 1.91. The summed E-state index contributed by atoms with van der Waals surface area (Å²) in [7, 11) is 0. The predicted octanol–water partition coefficient (Wildman–Crippen LogP) is -2.35. The first-order valence-corrected chi connectivity index (χ1v) is 4.95. The Bertz CT molecular complexity index is 334. The van der Waals surface area contributed by atoms with Crippen LogP contribution in [0.5, 0.6) is 0 Å². The van der Waals surface area contributed by atoms with Gasteiger partial charge in [-0.25, -0.2) is 6.08 Å². The maximum absolute atomic E-state index is 3.43. The summed E-state index contributed by atoms with van der Waals surface area (Å²) in [4.78, 5) is 0. The van der Waals surface area contributed by atoms with Gasteiger partial charge in [0.15, 0.2) is 0 Å². The van der Waals surface area contributed by atoms with Crippen molar-refractivity contribution >= 4 is 6.08 Å². The van der Waals surface area contributed by atoms with Crippen LogP contribution < -0.4 is 9.41 Å². The molecule has 1 aromatic carbocycles. The van der Waals surface area contributed by atoms with Crippen LogP contribution in [0.4, 0.5) is 0 Å². The third-order valence-electron chi connectivity index (χ3n) is 2.52. The first kappa shape index (κ1) is 18.1. The van der Waals surface area contributed by atoms with Gasteiger partial charge >= 0.3 is 26.2 Å². The summed E-state index contributed by atoms with van der Waals surface area (Å²) in [6.45, 7) is 4.53. The molecule has 0 bridgehead atoms. The molecule has 1 unspecified atom stereocenters. The molecule has 0 spiro atoms. The second-order valence-corrected chi connectivity index (χ2v) is 4.12. The zero-order chi connectivity index (χ0) is 9.26. The Morgan fingerprint density at radius 3 is 2.44 bits per heavy atom. The molecule has 85 valence electrons. The Kier molecular flexibility index (Phi) is 8.92. The molecule has 0 saturated carbocycles. The SMILES string of the molecule is CC(C)CC1[C-]=Cc2ccccc21.[F-].[F-].[Zr+3]. The Hall–Kier alpha value is -0.297. The molecule has 1 aliphatic carbocycles. The Balaban J connectivity index is 0. The van der Waals surface area contributed by atoms with Crippen molar-refractivity contribution < 1.29 is 35.6 Å². The average molecular weight is 300 g/mol. The van der Waals surface area contributed by atoms with Crippen molar-refractivity contribution in [3.05, 3.63) is 41.5 Å². The van der Waals surface area contributed by atoms with Gasteiger partial charge in [-0.1, -0.05) is 44.4 Å².